The molecule has 0 saturated carbocycles. The Morgan fingerprint density at radius 2 is 1.92 bits per heavy atom. The Hall–Kier alpha value is -1.02. The van der Waals surface area contributed by atoms with Gasteiger partial charge in [-0.2, -0.15) is 0 Å². The average molecular weight is 165 g/mol. The molecule has 0 amide bonds. The largest absolute Gasteiger partial charge is 0.484 e. The van der Waals surface area contributed by atoms with E-state index >= 15 is 0 Å². The Kier molecular flexibility index (Phi) is 3.11. The molecule has 0 aliphatic heterocycles. The van der Waals surface area contributed by atoms with Crippen molar-refractivity contribution in [3.63, 3.8) is 0 Å². The highest BCUT2D eigenvalue weighted by Crippen LogP contribution is 2.12. The molecule has 0 saturated heterocycles. The van der Waals surface area contributed by atoms with E-state index in [0.29, 0.717) is 0 Å². The van der Waals surface area contributed by atoms with Gasteiger partial charge in [0.05, 0.1) is 6.10 Å². The molecule has 1 aromatic rings. The highest BCUT2D eigenvalue weighted by atomic mass is 16.5. The summed E-state index contributed by atoms with van der Waals surface area (Å²) < 4.78 is 5.15. The summed E-state index contributed by atoms with van der Waals surface area (Å²) in [6, 6.07) is 7.67. The highest BCUT2D eigenvalue weighted by Gasteiger charge is 1.97. The molecule has 65 valence electrons. The Bertz CT molecular complexity index is 226. The second-order valence-electron chi connectivity index (χ2n) is 2.81. The molecule has 0 spiro atoms. The third kappa shape index (κ3) is 2.93. The van der Waals surface area contributed by atoms with Gasteiger partial charge in [-0.05, 0) is 26.0 Å². The molecule has 0 heterocycles. The van der Waals surface area contributed by atoms with Crippen LogP contribution in [0.25, 0.3) is 0 Å². The molecule has 2 heteroatoms. The maximum absolute atomic E-state index is 8.89. The van der Waals surface area contributed by atoms with E-state index in [0.717, 1.165) is 5.75 Å². The average Bonchev–Trinajstić information content (AvgIpc) is 2.03. The van der Waals surface area contributed by atoms with Crippen molar-refractivity contribution in [2.75, 3.05) is 0 Å². The van der Waals surface area contributed by atoms with Gasteiger partial charge >= 0.3 is 0 Å². The van der Waals surface area contributed by atoms with Crippen LogP contribution in [-0.4, -0.2) is 11.2 Å². The Labute approximate surface area is 72.8 Å². The fraction of sp³-hybridized carbons (Fsp3) is 0.300. The van der Waals surface area contributed by atoms with Gasteiger partial charge < -0.3 is 9.84 Å². The molecule has 1 radical (unpaired) electrons. The number of aryl methyl sites for hydroxylation is 1. The van der Waals surface area contributed by atoms with Gasteiger partial charge in [0.2, 0.25) is 0 Å². The fourth-order valence-corrected chi connectivity index (χ4v) is 0.794. The summed E-state index contributed by atoms with van der Waals surface area (Å²) in [6.45, 7) is 5.06. The van der Waals surface area contributed by atoms with Crippen molar-refractivity contribution in [2.45, 2.75) is 20.0 Å². The van der Waals surface area contributed by atoms with Crippen molar-refractivity contribution in [1.29, 1.82) is 0 Å². The van der Waals surface area contributed by atoms with Gasteiger partial charge in [-0.15, -0.1) is 0 Å². The number of hydrogen-bond acceptors (Lipinski definition) is 2. The molecule has 0 aromatic heterocycles. The summed E-state index contributed by atoms with van der Waals surface area (Å²) >= 11 is 0. The van der Waals surface area contributed by atoms with E-state index in [9.17, 15) is 0 Å². The van der Waals surface area contributed by atoms with Crippen LogP contribution in [0.3, 0.4) is 0 Å². The van der Waals surface area contributed by atoms with Crippen LogP contribution in [0.4, 0.5) is 0 Å². The van der Waals surface area contributed by atoms with Crippen molar-refractivity contribution in [1.82, 2.24) is 0 Å². The maximum Gasteiger partial charge on any atom is 0.163 e. The molecule has 2 nitrogen and oxygen atoms in total. The summed E-state index contributed by atoms with van der Waals surface area (Å²) in [6.07, 6.45) is -0.536. The first kappa shape index (κ1) is 9.07. The molecule has 0 bridgehead atoms. The fourth-order valence-electron chi connectivity index (χ4n) is 0.794. The number of rotatable bonds is 3. The normalized spacial score (nSPS) is 12.6. The van der Waals surface area contributed by atoms with Crippen LogP contribution >= 0.6 is 0 Å². The van der Waals surface area contributed by atoms with E-state index in [4.69, 9.17) is 9.84 Å². The topological polar surface area (TPSA) is 29.5 Å². The number of benzene rings is 1. The summed E-state index contributed by atoms with van der Waals surface area (Å²) in [5.41, 5.74) is 1.19. The first-order valence-corrected chi connectivity index (χ1v) is 3.93. The van der Waals surface area contributed by atoms with E-state index in [1.54, 1.807) is 6.92 Å². The highest BCUT2D eigenvalue weighted by molar-refractivity contribution is 5.26. The van der Waals surface area contributed by atoms with Gasteiger partial charge in [-0.1, -0.05) is 17.7 Å². The Balaban J connectivity index is 2.48. The van der Waals surface area contributed by atoms with Gasteiger partial charge in [-0.25, -0.2) is 0 Å². The van der Waals surface area contributed by atoms with Crippen LogP contribution in [0.15, 0.2) is 24.3 Å². The summed E-state index contributed by atoms with van der Waals surface area (Å²) in [5, 5.41) is 8.89. The number of ether oxygens (including phenoxy) is 1. The zero-order valence-corrected chi connectivity index (χ0v) is 7.32. The zero-order chi connectivity index (χ0) is 8.97. The third-order valence-electron chi connectivity index (χ3n) is 1.42. The molecule has 0 aliphatic carbocycles. The summed E-state index contributed by atoms with van der Waals surface area (Å²) in [5.74, 6) is 0.751. The van der Waals surface area contributed by atoms with Crippen LogP contribution in [0, 0.1) is 13.5 Å². The van der Waals surface area contributed by atoms with Gasteiger partial charge in [0.1, 0.15) is 5.75 Å². The minimum atomic E-state index is -0.536. The van der Waals surface area contributed by atoms with Gasteiger partial charge in [0, 0.05) is 0 Å². The van der Waals surface area contributed by atoms with E-state index in [2.05, 4.69) is 0 Å². The summed E-state index contributed by atoms with van der Waals surface area (Å²) in [4.78, 5) is 0. The van der Waals surface area contributed by atoms with Crippen LogP contribution < -0.4 is 4.74 Å². The molecule has 1 N–H and O–H groups in total. The van der Waals surface area contributed by atoms with E-state index in [-0.39, 0.29) is 0 Å². The van der Waals surface area contributed by atoms with E-state index in [1.807, 2.05) is 31.2 Å². The van der Waals surface area contributed by atoms with Crippen molar-refractivity contribution in [3.8, 4) is 5.75 Å². The van der Waals surface area contributed by atoms with Crippen LogP contribution in [0.1, 0.15) is 12.5 Å². The minimum Gasteiger partial charge on any atom is -0.484 e. The first-order chi connectivity index (χ1) is 5.68. The molecular formula is C10H13O2. The third-order valence-corrected chi connectivity index (χ3v) is 1.42. The molecule has 1 rings (SSSR count). The molecule has 1 aromatic carbocycles. The molecule has 0 fully saturated rings. The van der Waals surface area contributed by atoms with E-state index in [1.165, 1.54) is 12.2 Å². The zero-order valence-electron chi connectivity index (χ0n) is 7.32. The number of aliphatic hydroxyl groups is 1. The first-order valence-electron chi connectivity index (χ1n) is 3.93. The van der Waals surface area contributed by atoms with Crippen LogP contribution in [-0.2, 0) is 0 Å². The molecule has 1 atom stereocenters. The smallest absolute Gasteiger partial charge is 0.163 e. The lowest BCUT2D eigenvalue weighted by Crippen LogP contribution is -2.05. The molecule has 1 unspecified atom stereocenters. The summed E-state index contributed by atoms with van der Waals surface area (Å²) in [7, 11) is 0. The van der Waals surface area contributed by atoms with Crippen molar-refractivity contribution < 1.29 is 9.84 Å². The van der Waals surface area contributed by atoms with E-state index < -0.39 is 6.10 Å². The van der Waals surface area contributed by atoms with Gasteiger partial charge in [0.15, 0.2) is 6.61 Å². The predicted octanol–water partition coefficient (Wildman–Crippen LogP) is 1.92. The Morgan fingerprint density at radius 1 is 1.33 bits per heavy atom. The van der Waals surface area contributed by atoms with Gasteiger partial charge in [-0.3, -0.25) is 0 Å². The van der Waals surface area contributed by atoms with Crippen molar-refractivity contribution in [2.24, 2.45) is 0 Å². The second kappa shape index (κ2) is 4.12. The number of hydrogen-bond donors (Lipinski definition) is 1. The lowest BCUT2D eigenvalue weighted by Gasteiger charge is -2.06. The van der Waals surface area contributed by atoms with Crippen LogP contribution in [0.2, 0.25) is 0 Å². The second-order valence-corrected chi connectivity index (χ2v) is 2.81. The van der Waals surface area contributed by atoms with Crippen molar-refractivity contribution in [3.05, 3.63) is 36.4 Å². The van der Waals surface area contributed by atoms with Gasteiger partial charge in [0.25, 0.3) is 0 Å². The SMILES string of the molecule is Cc1ccc(O[CH]C(C)O)cc1. The lowest BCUT2D eigenvalue weighted by atomic mass is 10.2. The quantitative estimate of drug-likeness (QED) is 0.741. The molecule has 12 heavy (non-hydrogen) atoms. The van der Waals surface area contributed by atoms with Crippen LogP contribution in [0.5, 0.6) is 5.75 Å². The number of aliphatic hydroxyl groups excluding tert-OH is 1. The molecular weight excluding hydrogens is 152 g/mol. The predicted molar refractivity (Wildman–Crippen MR) is 47.8 cm³/mol. The maximum atomic E-state index is 8.89. The lowest BCUT2D eigenvalue weighted by molar-refractivity contribution is 0.170. The monoisotopic (exact) mass is 165 g/mol. The molecule has 0 aliphatic rings. The Morgan fingerprint density at radius 3 is 2.42 bits per heavy atom. The minimum absolute atomic E-state index is 0.536. The standard InChI is InChI=1S/C10H13O2/c1-8-3-5-10(6-4-8)12-7-9(2)11/h3-7,9,11H,1-2H3. The van der Waals surface area contributed by atoms with Crippen molar-refractivity contribution >= 4 is 0 Å².